The zero-order chi connectivity index (χ0) is 21.4. The van der Waals surface area contributed by atoms with E-state index in [2.05, 4.69) is 30.3 Å². The van der Waals surface area contributed by atoms with Crippen LogP contribution < -0.4 is 5.73 Å². The number of hydrogen-bond donors (Lipinski definition) is 2. The predicted octanol–water partition coefficient (Wildman–Crippen LogP) is 1.67. The first-order chi connectivity index (χ1) is 14.4. The lowest BCUT2D eigenvalue weighted by molar-refractivity contribution is 0.100. The largest absolute Gasteiger partial charge is 0.366 e. The van der Waals surface area contributed by atoms with Crippen LogP contribution in [-0.4, -0.2) is 66.2 Å². The SMILES string of the molecule is CCn1nc(C)cc1-c1nnc(-c2cc(C(N)=O)cc3c2cnn3CCN(C)C)[nH]1. The van der Waals surface area contributed by atoms with E-state index in [1.807, 2.05) is 43.4 Å². The summed E-state index contributed by atoms with van der Waals surface area (Å²) in [4.78, 5) is 17.3. The Hall–Kier alpha value is -3.53. The van der Waals surface area contributed by atoms with Crippen LogP contribution in [0.15, 0.2) is 24.4 Å². The fourth-order valence-electron chi connectivity index (χ4n) is 3.46. The number of nitrogens with zero attached hydrogens (tertiary/aromatic N) is 7. The fraction of sp³-hybridized carbons (Fsp3) is 0.350. The maximum Gasteiger partial charge on any atom is 0.248 e. The third-order valence-electron chi connectivity index (χ3n) is 4.99. The second-order valence-electron chi connectivity index (χ2n) is 7.50. The van der Waals surface area contributed by atoms with Crippen molar-refractivity contribution in [2.45, 2.75) is 26.9 Å². The Bertz CT molecular complexity index is 1210. The number of aromatic nitrogens is 7. The number of likely N-dealkylation sites (N-methyl/N-ethyl adjacent to an activating group) is 1. The van der Waals surface area contributed by atoms with E-state index < -0.39 is 5.91 Å². The monoisotopic (exact) mass is 407 g/mol. The van der Waals surface area contributed by atoms with Crippen LogP contribution in [0.25, 0.3) is 33.8 Å². The van der Waals surface area contributed by atoms with E-state index in [4.69, 9.17) is 5.73 Å². The molecule has 0 aliphatic rings. The first-order valence-electron chi connectivity index (χ1n) is 9.79. The molecular formula is C20H25N9O. The van der Waals surface area contributed by atoms with E-state index in [-0.39, 0.29) is 0 Å². The summed E-state index contributed by atoms with van der Waals surface area (Å²) in [6, 6.07) is 5.47. The van der Waals surface area contributed by atoms with Gasteiger partial charge in [0, 0.05) is 29.6 Å². The number of aromatic amines is 1. The zero-order valence-electron chi connectivity index (χ0n) is 17.5. The van der Waals surface area contributed by atoms with Gasteiger partial charge in [-0.05, 0) is 46.1 Å². The van der Waals surface area contributed by atoms with Gasteiger partial charge in [0.15, 0.2) is 11.6 Å². The van der Waals surface area contributed by atoms with Gasteiger partial charge in [0.2, 0.25) is 5.91 Å². The summed E-state index contributed by atoms with van der Waals surface area (Å²) in [7, 11) is 4.01. The van der Waals surface area contributed by atoms with Crippen LogP contribution in [0.5, 0.6) is 0 Å². The molecule has 1 amide bonds. The molecule has 10 nitrogen and oxygen atoms in total. The number of carbonyl (C=O) groups is 1. The summed E-state index contributed by atoms with van der Waals surface area (Å²) < 4.78 is 3.74. The molecule has 0 fully saturated rings. The molecule has 0 saturated carbocycles. The first kappa shape index (κ1) is 19.8. The van der Waals surface area contributed by atoms with Crippen molar-refractivity contribution in [3.8, 4) is 22.9 Å². The minimum atomic E-state index is -0.502. The molecule has 4 aromatic rings. The molecule has 156 valence electrons. The van der Waals surface area contributed by atoms with Gasteiger partial charge < -0.3 is 15.6 Å². The van der Waals surface area contributed by atoms with E-state index in [9.17, 15) is 4.79 Å². The molecule has 0 aliphatic heterocycles. The summed E-state index contributed by atoms with van der Waals surface area (Å²) in [5.41, 5.74) is 9.32. The van der Waals surface area contributed by atoms with Crippen molar-refractivity contribution in [1.82, 2.24) is 39.6 Å². The van der Waals surface area contributed by atoms with Crippen molar-refractivity contribution in [1.29, 1.82) is 0 Å². The third kappa shape index (κ3) is 3.57. The summed E-state index contributed by atoms with van der Waals surface area (Å²) in [6.07, 6.45) is 1.79. The minimum absolute atomic E-state index is 0.400. The molecule has 0 radical (unpaired) electrons. The van der Waals surface area contributed by atoms with Crippen LogP contribution in [0.4, 0.5) is 0 Å². The number of aryl methyl sites for hydroxylation is 2. The molecule has 3 aromatic heterocycles. The number of benzene rings is 1. The normalized spacial score (nSPS) is 11.6. The highest BCUT2D eigenvalue weighted by atomic mass is 16.1. The molecule has 3 N–H and O–H groups in total. The van der Waals surface area contributed by atoms with Gasteiger partial charge in [-0.25, -0.2) is 0 Å². The van der Waals surface area contributed by atoms with Crippen LogP contribution in [-0.2, 0) is 13.1 Å². The Morgan fingerprint density at radius 2 is 1.93 bits per heavy atom. The van der Waals surface area contributed by atoms with Crippen molar-refractivity contribution in [3.05, 3.63) is 35.7 Å². The van der Waals surface area contributed by atoms with E-state index in [0.717, 1.165) is 40.9 Å². The molecule has 1 aromatic carbocycles. The van der Waals surface area contributed by atoms with Gasteiger partial charge in [-0.2, -0.15) is 10.2 Å². The number of hydrogen-bond acceptors (Lipinski definition) is 6. The Kier molecular flexibility index (Phi) is 5.08. The number of rotatable bonds is 7. The van der Waals surface area contributed by atoms with E-state index in [0.29, 0.717) is 23.8 Å². The highest BCUT2D eigenvalue weighted by molar-refractivity contribution is 6.02. The molecule has 0 aliphatic carbocycles. The molecule has 0 spiro atoms. The lowest BCUT2D eigenvalue weighted by Gasteiger charge is -2.11. The lowest BCUT2D eigenvalue weighted by Crippen LogP contribution is -2.19. The van der Waals surface area contributed by atoms with Gasteiger partial charge in [0.1, 0.15) is 5.69 Å². The number of primary amides is 1. The molecule has 10 heteroatoms. The Morgan fingerprint density at radius 3 is 2.63 bits per heavy atom. The van der Waals surface area contributed by atoms with Crippen molar-refractivity contribution in [2.75, 3.05) is 20.6 Å². The molecular weight excluding hydrogens is 382 g/mol. The third-order valence-corrected chi connectivity index (χ3v) is 4.99. The average Bonchev–Trinajstić information content (AvgIpc) is 3.43. The molecule has 30 heavy (non-hydrogen) atoms. The topological polar surface area (TPSA) is 124 Å². The summed E-state index contributed by atoms with van der Waals surface area (Å²) in [6.45, 7) is 6.19. The summed E-state index contributed by atoms with van der Waals surface area (Å²) in [5, 5.41) is 18.5. The molecule has 0 saturated heterocycles. The zero-order valence-corrected chi connectivity index (χ0v) is 17.5. The van der Waals surface area contributed by atoms with Crippen LogP contribution >= 0.6 is 0 Å². The fourth-order valence-corrected chi connectivity index (χ4v) is 3.46. The molecule has 3 heterocycles. The smallest absolute Gasteiger partial charge is 0.248 e. The number of nitrogens with two attached hydrogens (primary N) is 1. The molecule has 0 atom stereocenters. The van der Waals surface area contributed by atoms with Crippen LogP contribution in [0.1, 0.15) is 23.0 Å². The van der Waals surface area contributed by atoms with E-state index in [1.54, 1.807) is 18.3 Å². The summed E-state index contributed by atoms with van der Waals surface area (Å²) in [5.74, 6) is 0.662. The quantitative estimate of drug-likeness (QED) is 0.480. The maximum absolute atomic E-state index is 12.0. The van der Waals surface area contributed by atoms with Crippen molar-refractivity contribution >= 4 is 16.8 Å². The van der Waals surface area contributed by atoms with Crippen molar-refractivity contribution < 1.29 is 4.79 Å². The number of carbonyl (C=O) groups excluding carboxylic acids is 1. The highest BCUT2D eigenvalue weighted by Crippen LogP contribution is 2.29. The second-order valence-corrected chi connectivity index (χ2v) is 7.50. The standard InChI is InChI=1S/C20H25N9O/c1-5-28-17(8-12(2)26-28)20-23-19(24-25-20)14-9-13(18(21)30)10-16-15(14)11-22-29(16)7-6-27(3)4/h8-11H,5-7H2,1-4H3,(H2,21,30)(H,23,24,25). The van der Waals surface area contributed by atoms with E-state index in [1.165, 1.54) is 0 Å². The molecule has 0 unspecified atom stereocenters. The van der Waals surface area contributed by atoms with Crippen LogP contribution in [0.3, 0.4) is 0 Å². The highest BCUT2D eigenvalue weighted by Gasteiger charge is 2.18. The molecule has 0 bridgehead atoms. The number of H-pyrrole nitrogens is 1. The summed E-state index contributed by atoms with van der Waals surface area (Å²) >= 11 is 0. The molecule has 4 rings (SSSR count). The second kappa shape index (κ2) is 7.71. The van der Waals surface area contributed by atoms with Gasteiger partial charge in [-0.3, -0.25) is 14.2 Å². The van der Waals surface area contributed by atoms with Gasteiger partial charge in [0.25, 0.3) is 0 Å². The van der Waals surface area contributed by atoms with Gasteiger partial charge in [-0.1, -0.05) is 0 Å². The number of nitrogens with one attached hydrogen (secondary N) is 1. The van der Waals surface area contributed by atoms with Gasteiger partial charge in [0.05, 0.1) is 24.0 Å². The van der Waals surface area contributed by atoms with Crippen LogP contribution in [0, 0.1) is 6.92 Å². The van der Waals surface area contributed by atoms with Crippen molar-refractivity contribution in [2.24, 2.45) is 5.73 Å². The average molecular weight is 407 g/mol. The van der Waals surface area contributed by atoms with Crippen molar-refractivity contribution in [3.63, 3.8) is 0 Å². The first-order valence-corrected chi connectivity index (χ1v) is 9.79. The Balaban J connectivity index is 1.82. The maximum atomic E-state index is 12.0. The lowest BCUT2D eigenvalue weighted by atomic mass is 10.0. The minimum Gasteiger partial charge on any atom is -0.366 e. The van der Waals surface area contributed by atoms with Gasteiger partial charge in [-0.15, -0.1) is 10.2 Å². The van der Waals surface area contributed by atoms with Gasteiger partial charge >= 0.3 is 0 Å². The van der Waals surface area contributed by atoms with Crippen LogP contribution in [0.2, 0.25) is 0 Å². The van der Waals surface area contributed by atoms with E-state index >= 15 is 0 Å². The number of fused-ring (bicyclic) bond motifs is 1. The Morgan fingerprint density at radius 1 is 1.17 bits per heavy atom. The Labute approximate surface area is 173 Å². The number of amides is 1. The predicted molar refractivity (Wildman–Crippen MR) is 114 cm³/mol.